The predicted octanol–water partition coefficient (Wildman–Crippen LogP) is 1.49. The Labute approximate surface area is 118 Å². The number of nitrogen functional groups attached to an aromatic ring is 1. The second kappa shape index (κ2) is 5.70. The number of thioether (sulfide) groups is 1. The zero-order valence-electron chi connectivity index (χ0n) is 11.0. The smallest absolute Gasteiger partial charge is 0.243 e. The highest BCUT2D eigenvalue weighted by atomic mass is 32.2. The van der Waals surface area contributed by atoms with Crippen molar-refractivity contribution in [1.82, 2.24) is 4.31 Å². The lowest BCUT2D eigenvalue weighted by Crippen LogP contribution is -2.43. The van der Waals surface area contributed by atoms with Crippen molar-refractivity contribution in [3.63, 3.8) is 0 Å². The Morgan fingerprint density at radius 3 is 2.21 bits per heavy atom. The second-order valence-electron chi connectivity index (χ2n) is 4.75. The molecule has 5 nitrogen and oxygen atoms in total. The van der Waals surface area contributed by atoms with Crippen molar-refractivity contribution in [2.45, 2.75) is 29.2 Å². The van der Waals surface area contributed by atoms with Crippen molar-refractivity contribution in [2.75, 3.05) is 18.5 Å². The van der Waals surface area contributed by atoms with Gasteiger partial charge in [-0.2, -0.15) is 16.1 Å². The minimum Gasteiger partial charge on any atom is -0.324 e. The Hall–Kier alpha value is -0.760. The summed E-state index contributed by atoms with van der Waals surface area (Å²) in [5.41, 5.74) is 3.18. The van der Waals surface area contributed by atoms with Gasteiger partial charge in [0.15, 0.2) is 0 Å². The van der Waals surface area contributed by atoms with Crippen molar-refractivity contribution in [2.24, 2.45) is 5.84 Å². The normalized spacial score (nSPS) is 25.2. The van der Waals surface area contributed by atoms with Crippen LogP contribution < -0.4 is 11.3 Å². The summed E-state index contributed by atoms with van der Waals surface area (Å²) in [6, 6.07) is 6.50. The molecule has 1 aliphatic rings. The Bertz CT molecular complexity index is 520. The van der Waals surface area contributed by atoms with Crippen LogP contribution in [0.15, 0.2) is 29.2 Å². The zero-order valence-corrected chi connectivity index (χ0v) is 12.7. The van der Waals surface area contributed by atoms with Crippen molar-refractivity contribution < 1.29 is 8.42 Å². The van der Waals surface area contributed by atoms with Crippen LogP contribution in [0.2, 0.25) is 0 Å². The molecule has 0 saturated carbocycles. The number of anilines is 1. The summed E-state index contributed by atoms with van der Waals surface area (Å²) < 4.78 is 26.7. The van der Waals surface area contributed by atoms with E-state index in [-0.39, 0.29) is 0 Å². The summed E-state index contributed by atoms with van der Waals surface area (Å²) in [7, 11) is -3.40. The molecule has 1 aromatic rings. The maximum Gasteiger partial charge on any atom is 0.243 e. The highest BCUT2D eigenvalue weighted by Crippen LogP contribution is 2.29. The van der Waals surface area contributed by atoms with Crippen LogP contribution in [0.25, 0.3) is 0 Å². The van der Waals surface area contributed by atoms with E-state index >= 15 is 0 Å². The number of sulfonamides is 1. The molecule has 7 heteroatoms. The molecule has 1 heterocycles. The molecule has 1 fully saturated rings. The largest absolute Gasteiger partial charge is 0.324 e. The molecular formula is C12H19N3O2S2. The molecular weight excluding hydrogens is 282 g/mol. The van der Waals surface area contributed by atoms with Gasteiger partial charge in [-0.1, -0.05) is 13.8 Å². The summed E-state index contributed by atoms with van der Waals surface area (Å²) in [6.07, 6.45) is 0. The highest BCUT2D eigenvalue weighted by molar-refractivity contribution is 8.00. The number of hydrogen-bond acceptors (Lipinski definition) is 5. The van der Waals surface area contributed by atoms with E-state index in [0.29, 0.717) is 34.2 Å². The predicted molar refractivity (Wildman–Crippen MR) is 79.5 cm³/mol. The van der Waals surface area contributed by atoms with Crippen molar-refractivity contribution in [3.8, 4) is 0 Å². The van der Waals surface area contributed by atoms with Crippen LogP contribution in [0.3, 0.4) is 0 Å². The first-order chi connectivity index (χ1) is 8.93. The van der Waals surface area contributed by atoms with Gasteiger partial charge >= 0.3 is 0 Å². The van der Waals surface area contributed by atoms with Crippen LogP contribution >= 0.6 is 11.8 Å². The number of benzene rings is 1. The van der Waals surface area contributed by atoms with Crippen LogP contribution in [0, 0.1) is 0 Å². The van der Waals surface area contributed by atoms with E-state index in [0.717, 1.165) is 0 Å². The van der Waals surface area contributed by atoms with Gasteiger partial charge in [-0.05, 0) is 24.3 Å². The number of nitrogens with zero attached hydrogens (tertiary/aromatic N) is 1. The molecule has 0 aliphatic carbocycles. The Morgan fingerprint density at radius 2 is 1.74 bits per heavy atom. The van der Waals surface area contributed by atoms with E-state index in [1.807, 2.05) is 11.8 Å². The van der Waals surface area contributed by atoms with E-state index in [2.05, 4.69) is 19.3 Å². The number of hydrogen-bond donors (Lipinski definition) is 2. The van der Waals surface area contributed by atoms with E-state index in [9.17, 15) is 8.42 Å². The molecule has 1 aliphatic heterocycles. The average Bonchev–Trinajstić information content (AvgIpc) is 2.37. The average molecular weight is 301 g/mol. The van der Waals surface area contributed by atoms with Crippen LogP contribution in [-0.2, 0) is 10.0 Å². The molecule has 2 atom stereocenters. The monoisotopic (exact) mass is 301 g/mol. The lowest BCUT2D eigenvalue weighted by molar-refractivity contribution is 0.405. The maximum atomic E-state index is 12.5. The maximum absolute atomic E-state index is 12.5. The van der Waals surface area contributed by atoms with Crippen LogP contribution in [0.5, 0.6) is 0 Å². The van der Waals surface area contributed by atoms with Gasteiger partial charge in [0, 0.05) is 29.3 Å². The Kier molecular flexibility index (Phi) is 4.39. The van der Waals surface area contributed by atoms with E-state index < -0.39 is 10.0 Å². The van der Waals surface area contributed by atoms with Gasteiger partial charge in [0.1, 0.15) is 0 Å². The first kappa shape index (κ1) is 14.6. The first-order valence-electron chi connectivity index (χ1n) is 6.16. The fraction of sp³-hybridized carbons (Fsp3) is 0.500. The lowest BCUT2D eigenvalue weighted by Gasteiger charge is -2.33. The second-order valence-corrected chi connectivity index (χ2v) is 8.57. The van der Waals surface area contributed by atoms with Crippen molar-refractivity contribution in [1.29, 1.82) is 0 Å². The highest BCUT2D eigenvalue weighted by Gasteiger charge is 2.31. The summed E-state index contributed by atoms with van der Waals surface area (Å²) in [5, 5.41) is 0.645. The molecule has 1 aromatic carbocycles. The molecule has 19 heavy (non-hydrogen) atoms. The van der Waals surface area contributed by atoms with Gasteiger partial charge in [-0.25, -0.2) is 8.42 Å². The van der Waals surface area contributed by atoms with E-state index in [1.165, 1.54) is 0 Å². The van der Waals surface area contributed by atoms with E-state index in [4.69, 9.17) is 5.84 Å². The number of nitrogens with two attached hydrogens (primary N) is 1. The molecule has 0 aromatic heterocycles. The van der Waals surface area contributed by atoms with E-state index in [1.54, 1.807) is 28.6 Å². The third kappa shape index (κ3) is 3.22. The topological polar surface area (TPSA) is 75.4 Å². The number of rotatable bonds is 3. The van der Waals surface area contributed by atoms with Gasteiger partial charge in [0.25, 0.3) is 0 Å². The Morgan fingerprint density at radius 1 is 1.21 bits per heavy atom. The molecule has 0 amide bonds. The van der Waals surface area contributed by atoms with Crippen molar-refractivity contribution in [3.05, 3.63) is 24.3 Å². The molecule has 0 bridgehead atoms. The number of hydrazine groups is 1. The molecule has 2 rings (SSSR count). The standard InChI is InChI=1S/C12H19N3O2S2/c1-9-7-15(8-10(2)18-9)19(16,17)12-5-3-11(14-13)4-6-12/h3-6,9-10,14H,7-8,13H2,1-2H3. The fourth-order valence-electron chi connectivity index (χ4n) is 2.20. The van der Waals surface area contributed by atoms with Crippen molar-refractivity contribution >= 4 is 27.5 Å². The van der Waals surface area contributed by atoms with Crippen LogP contribution in [0.1, 0.15) is 13.8 Å². The van der Waals surface area contributed by atoms with Crippen LogP contribution in [0.4, 0.5) is 5.69 Å². The molecule has 0 spiro atoms. The summed E-state index contributed by atoms with van der Waals surface area (Å²) in [4.78, 5) is 0.317. The molecule has 3 N–H and O–H groups in total. The fourth-order valence-corrected chi connectivity index (χ4v) is 5.33. The minimum atomic E-state index is -3.40. The summed E-state index contributed by atoms with van der Waals surface area (Å²) in [6.45, 7) is 5.25. The number of nitrogens with one attached hydrogen (secondary N) is 1. The van der Waals surface area contributed by atoms with Gasteiger partial charge in [-0.15, -0.1) is 0 Å². The van der Waals surface area contributed by atoms with Crippen LogP contribution in [-0.4, -0.2) is 36.3 Å². The Balaban J connectivity index is 2.25. The van der Waals surface area contributed by atoms with Gasteiger partial charge in [-0.3, -0.25) is 5.84 Å². The summed E-state index contributed by atoms with van der Waals surface area (Å²) in [5.74, 6) is 5.28. The third-order valence-corrected chi connectivity index (χ3v) is 6.12. The molecule has 106 valence electrons. The lowest BCUT2D eigenvalue weighted by atomic mass is 10.3. The molecule has 0 radical (unpaired) electrons. The molecule has 1 saturated heterocycles. The van der Waals surface area contributed by atoms with Gasteiger partial charge in [0.05, 0.1) is 4.90 Å². The first-order valence-corrected chi connectivity index (χ1v) is 8.54. The summed E-state index contributed by atoms with van der Waals surface area (Å²) >= 11 is 1.83. The van der Waals surface area contributed by atoms with Gasteiger partial charge < -0.3 is 5.43 Å². The minimum absolute atomic E-state index is 0.317. The molecule has 2 unspecified atom stereocenters. The zero-order chi connectivity index (χ0) is 14.0. The van der Waals surface area contributed by atoms with Gasteiger partial charge in [0.2, 0.25) is 10.0 Å². The quantitative estimate of drug-likeness (QED) is 0.653. The third-order valence-electron chi connectivity index (χ3n) is 3.04. The SMILES string of the molecule is CC1CN(S(=O)(=O)c2ccc(NN)cc2)CC(C)S1.